The van der Waals surface area contributed by atoms with E-state index in [-0.39, 0.29) is 5.76 Å². The number of anilines is 1. The number of hydrogen-bond donors (Lipinski definition) is 2. The third-order valence-electron chi connectivity index (χ3n) is 4.94. The van der Waals surface area contributed by atoms with E-state index in [1.165, 1.54) is 5.56 Å². The van der Waals surface area contributed by atoms with Crippen molar-refractivity contribution in [3.63, 3.8) is 0 Å². The topological polar surface area (TPSA) is 65.1 Å². The Kier molecular flexibility index (Phi) is 3.80. The summed E-state index contributed by atoms with van der Waals surface area (Å²) >= 11 is 0. The molecule has 0 radical (unpaired) electrons. The number of fused-ring (bicyclic) bond motifs is 1. The summed E-state index contributed by atoms with van der Waals surface area (Å²) in [5.74, 6) is 1.14. The molecule has 0 atom stereocenters. The van der Waals surface area contributed by atoms with Gasteiger partial charge < -0.3 is 14.6 Å². The molecule has 0 amide bonds. The van der Waals surface area contributed by atoms with Crippen LogP contribution in [0.15, 0.2) is 48.2 Å². The summed E-state index contributed by atoms with van der Waals surface area (Å²) in [4.78, 5) is 6.55. The van der Waals surface area contributed by atoms with Gasteiger partial charge in [0.1, 0.15) is 17.4 Å². The number of aliphatic hydroxyl groups is 1. The summed E-state index contributed by atoms with van der Waals surface area (Å²) in [6, 6.07) is 14.1. The molecule has 0 aliphatic carbocycles. The summed E-state index contributed by atoms with van der Waals surface area (Å²) in [5, 5.41) is 19.4. The number of amidine groups is 1. The van der Waals surface area contributed by atoms with Crippen molar-refractivity contribution in [2.75, 3.05) is 11.4 Å². The number of nitrogens with zero attached hydrogens (tertiary/aromatic N) is 3. The number of aromatic nitrogens is 2. The van der Waals surface area contributed by atoms with Crippen LogP contribution in [-0.4, -0.2) is 27.0 Å². The molecule has 0 fully saturated rings. The maximum absolute atomic E-state index is 10.7. The maximum Gasteiger partial charge on any atom is 0.148 e. The predicted octanol–water partition coefficient (Wildman–Crippen LogP) is 4.44. The van der Waals surface area contributed by atoms with Crippen LogP contribution >= 0.6 is 0 Å². The van der Waals surface area contributed by atoms with E-state index < -0.39 is 0 Å². The lowest BCUT2D eigenvalue weighted by Gasteiger charge is -2.21. The van der Waals surface area contributed by atoms with Crippen molar-refractivity contribution in [3.05, 3.63) is 65.2 Å². The minimum Gasteiger partial charge on any atom is -0.509 e. The average molecular weight is 346 g/mol. The van der Waals surface area contributed by atoms with E-state index in [1.54, 1.807) is 0 Å². The van der Waals surface area contributed by atoms with Gasteiger partial charge in [-0.15, -0.1) is 0 Å². The standard InChI is InChI=1S/C21H22N4O/c1-4-24-17-8-6-5-7-15(17)23-21(24)19-18(26)12-25(20(19)22)16-10-9-13(2)11-14(16)3/h5-11,22,26H,4,12H2,1-3H3. The van der Waals surface area contributed by atoms with Crippen LogP contribution in [0.3, 0.4) is 0 Å². The lowest BCUT2D eigenvalue weighted by Crippen LogP contribution is -2.27. The first-order valence-corrected chi connectivity index (χ1v) is 8.82. The van der Waals surface area contributed by atoms with Gasteiger partial charge in [0.05, 0.1) is 23.2 Å². The summed E-state index contributed by atoms with van der Waals surface area (Å²) in [7, 11) is 0. The van der Waals surface area contributed by atoms with Crippen molar-refractivity contribution >= 4 is 28.1 Å². The molecule has 2 aromatic carbocycles. The van der Waals surface area contributed by atoms with Gasteiger partial charge in [0.2, 0.25) is 0 Å². The number of aliphatic hydroxyl groups excluding tert-OH is 1. The molecule has 132 valence electrons. The van der Waals surface area contributed by atoms with E-state index in [0.717, 1.165) is 28.8 Å². The second-order valence-corrected chi connectivity index (χ2v) is 6.71. The average Bonchev–Trinajstić information content (AvgIpc) is 3.11. The minimum absolute atomic E-state index is 0.194. The Hall–Kier alpha value is -3.08. The smallest absolute Gasteiger partial charge is 0.148 e. The fourth-order valence-corrected chi connectivity index (χ4v) is 3.71. The van der Waals surface area contributed by atoms with E-state index in [9.17, 15) is 5.11 Å². The molecule has 2 N–H and O–H groups in total. The van der Waals surface area contributed by atoms with Gasteiger partial charge in [0, 0.05) is 12.2 Å². The number of benzene rings is 2. The molecular weight excluding hydrogens is 324 g/mol. The third kappa shape index (κ3) is 2.39. The molecule has 1 aliphatic rings. The Bertz CT molecular complexity index is 1060. The van der Waals surface area contributed by atoms with Crippen molar-refractivity contribution in [1.29, 1.82) is 5.41 Å². The van der Waals surface area contributed by atoms with Gasteiger partial charge in [-0.25, -0.2) is 4.98 Å². The van der Waals surface area contributed by atoms with Gasteiger partial charge in [-0.3, -0.25) is 5.41 Å². The van der Waals surface area contributed by atoms with E-state index in [1.807, 2.05) is 48.2 Å². The Morgan fingerprint density at radius 1 is 1.15 bits per heavy atom. The molecule has 26 heavy (non-hydrogen) atoms. The molecule has 1 aliphatic heterocycles. The molecule has 5 heteroatoms. The van der Waals surface area contributed by atoms with Crippen molar-refractivity contribution in [3.8, 4) is 0 Å². The second kappa shape index (κ2) is 6.02. The fourth-order valence-electron chi connectivity index (χ4n) is 3.71. The lowest BCUT2D eigenvalue weighted by atomic mass is 10.1. The molecule has 4 rings (SSSR count). The first kappa shape index (κ1) is 16.4. The zero-order valence-electron chi connectivity index (χ0n) is 15.2. The number of aryl methyl sites for hydroxylation is 3. The zero-order chi connectivity index (χ0) is 18.4. The van der Waals surface area contributed by atoms with Crippen LogP contribution in [0, 0.1) is 19.3 Å². The summed E-state index contributed by atoms with van der Waals surface area (Å²) in [6.45, 7) is 7.16. The van der Waals surface area contributed by atoms with Gasteiger partial charge in [-0.2, -0.15) is 0 Å². The molecule has 2 heterocycles. The van der Waals surface area contributed by atoms with E-state index in [2.05, 4.69) is 24.5 Å². The van der Waals surface area contributed by atoms with Gasteiger partial charge in [-0.05, 0) is 44.5 Å². The SMILES string of the molecule is CCn1c(C2=C(O)CN(c3ccc(C)cc3C)C2=N)nc2ccccc21. The van der Waals surface area contributed by atoms with Crippen LogP contribution in [0.4, 0.5) is 5.69 Å². The van der Waals surface area contributed by atoms with Crippen molar-refractivity contribution in [1.82, 2.24) is 9.55 Å². The molecule has 0 saturated heterocycles. The largest absolute Gasteiger partial charge is 0.509 e. The van der Waals surface area contributed by atoms with Gasteiger partial charge in [0.15, 0.2) is 0 Å². The number of para-hydroxylation sites is 2. The van der Waals surface area contributed by atoms with Crippen molar-refractivity contribution in [2.24, 2.45) is 0 Å². The summed E-state index contributed by atoms with van der Waals surface area (Å²) in [5.41, 5.74) is 5.63. The molecule has 0 unspecified atom stereocenters. The Labute approximate surface area is 152 Å². The first-order valence-electron chi connectivity index (χ1n) is 8.82. The van der Waals surface area contributed by atoms with Crippen molar-refractivity contribution < 1.29 is 5.11 Å². The van der Waals surface area contributed by atoms with E-state index in [4.69, 9.17) is 10.4 Å². The fraction of sp³-hybridized carbons (Fsp3) is 0.238. The highest BCUT2D eigenvalue weighted by Crippen LogP contribution is 2.34. The van der Waals surface area contributed by atoms with Gasteiger partial charge in [-0.1, -0.05) is 29.8 Å². The normalized spacial score (nSPS) is 14.7. The maximum atomic E-state index is 10.7. The van der Waals surface area contributed by atoms with Crippen LogP contribution in [0.1, 0.15) is 23.9 Å². The highest BCUT2D eigenvalue weighted by molar-refractivity contribution is 6.30. The monoisotopic (exact) mass is 346 g/mol. The zero-order valence-corrected chi connectivity index (χ0v) is 15.2. The van der Waals surface area contributed by atoms with Crippen LogP contribution < -0.4 is 4.90 Å². The summed E-state index contributed by atoms with van der Waals surface area (Å²) in [6.07, 6.45) is 0. The molecule has 0 bridgehead atoms. The molecular formula is C21H22N4O. The minimum atomic E-state index is 0.194. The molecule has 3 aromatic rings. The van der Waals surface area contributed by atoms with Crippen LogP contribution in [0.2, 0.25) is 0 Å². The number of nitrogens with one attached hydrogen (secondary N) is 1. The molecule has 0 saturated carbocycles. The lowest BCUT2D eigenvalue weighted by molar-refractivity contribution is 0.411. The third-order valence-corrected chi connectivity index (χ3v) is 4.94. The number of hydrogen-bond acceptors (Lipinski definition) is 3. The second-order valence-electron chi connectivity index (χ2n) is 6.71. The predicted molar refractivity (Wildman–Crippen MR) is 106 cm³/mol. The highest BCUT2D eigenvalue weighted by atomic mass is 16.3. The quantitative estimate of drug-likeness (QED) is 0.737. The van der Waals surface area contributed by atoms with Crippen molar-refractivity contribution in [2.45, 2.75) is 27.3 Å². The Morgan fingerprint density at radius 3 is 2.65 bits per heavy atom. The molecule has 0 spiro atoms. The van der Waals surface area contributed by atoms with Crippen LogP contribution in [-0.2, 0) is 6.54 Å². The number of rotatable bonds is 3. The van der Waals surface area contributed by atoms with Gasteiger partial charge >= 0.3 is 0 Å². The Balaban J connectivity index is 1.81. The van der Waals surface area contributed by atoms with Gasteiger partial charge in [0.25, 0.3) is 0 Å². The van der Waals surface area contributed by atoms with Crippen LogP contribution in [0.25, 0.3) is 16.6 Å². The Morgan fingerprint density at radius 2 is 1.92 bits per heavy atom. The van der Waals surface area contributed by atoms with E-state index in [0.29, 0.717) is 23.8 Å². The van der Waals surface area contributed by atoms with Crippen LogP contribution in [0.5, 0.6) is 0 Å². The first-order chi connectivity index (χ1) is 12.5. The molecule has 1 aromatic heterocycles. The highest BCUT2D eigenvalue weighted by Gasteiger charge is 2.33. The molecule has 5 nitrogen and oxygen atoms in total. The van der Waals surface area contributed by atoms with E-state index >= 15 is 0 Å². The summed E-state index contributed by atoms with van der Waals surface area (Å²) < 4.78 is 2.06. The number of imidazole rings is 1.